The van der Waals surface area contributed by atoms with Gasteiger partial charge in [0.25, 0.3) is 0 Å². The van der Waals surface area contributed by atoms with Crippen molar-refractivity contribution in [1.82, 2.24) is 3.97 Å². The molecule has 0 spiro atoms. The maximum atomic E-state index is 13.1. The Kier molecular flexibility index (Phi) is 3.96. The van der Waals surface area contributed by atoms with E-state index in [1.165, 1.54) is 31.7 Å². The Labute approximate surface area is 151 Å². The van der Waals surface area contributed by atoms with Crippen molar-refractivity contribution in [3.05, 3.63) is 65.5 Å². The van der Waals surface area contributed by atoms with Crippen LogP contribution in [-0.4, -0.2) is 25.5 Å². The minimum Gasteiger partial charge on any atom is -0.465 e. The van der Waals surface area contributed by atoms with Gasteiger partial charge < -0.3 is 9.15 Å². The molecule has 0 amide bonds. The number of furan rings is 1. The fourth-order valence-corrected chi connectivity index (χ4v) is 4.78. The van der Waals surface area contributed by atoms with Gasteiger partial charge in [-0.15, -0.1) is 0 Å². The first kappa shape index (κ1) is 16.7. The zero-order valence-corrected chi connectivity index (χ0v) is 15.0. The Morgan fingerprint density at radius 1 is 1.15 bits per heavy atom. The van der Waals surface area contributed by atoms with Crippen molar-refractivity contribution in [3.63, 3.8) is 0 Å². The number of rotatable bonds is 3. The number of hydrogen-bond donors (Lipinski definition) is 0. The van der Waals surface area contributed by atoms with Crippen LogP contribution in [0.5, 0.6) is 0 Å². The first-order valence-corrected chi connectivity index (χ1v) is 9.68. The molecule has 4 rings (SSSR count). The van der Waals surface area contributed by atoms with Crippen LogP contribution in [0.1, 0.15) is 27.9 Å². The van der Waals surface area contributed by atoms with E-state index >= 15 is 0 Å². The van der Waals surface area contributed by atoms with Crippen molar-refractivity contribution in [2.75, 3.05) is 7.11 Å². The molecular formula is C19H17NO5S. The van der Waals surface area contributed by atoms with Crippen molar-refractivity contribution in [2.45, 2.75) is 24.4 Å². The minimum atomic E-state index is -3.97. The molecule has 1 aliphatic rings. The van der Waals surface area contributed by atoms with E-state index in [9.17, 15) is 13.2 Å². The monoisotopic (exact) mass is 371 g/mol. The summed E-state index contributed by atoms with van der Waals surface area (Å²) in [6, 6.07) is 10.6. The molecule has 0 aliphatic heterocycles. The lowest BCUT2D eigenvalue weighted by Crippen LogP contribution is -2.13. The third-order valence-corrected chi connectivity index (χ3v) is 6.18. The van der Waals surface area contributed by atoms with Gasteiger partial charge in [-0.25, -0.2) is 8.77 Å². The SMILES string of the molecule is COC(=O)c1cn(S(=O)(=O)c2ccco2)c2c1CCCc1ccccc1-2. The quantitative estimate of drug-likeness (QED) is 0.660. The van der Waals surface area contributed by atoms with Gasteiger partial charge in [0.05, 0.1) is 24.6 Å². The topological polar surface area (TPSA) is 78.5 Å². The fraction of sp³-hybridized carbons (Fsp3) is 0.211. The second-order valence-electron chi connectivity index (χ2n) is 6.11. The van der Waals surface area contributed by atoms with Crippen LogP contribution in [0, 0.1) is 0 Å². The van der Waals surface area contributed by atoms with Gasteiger partial charge in [-0.1, -0.05) is 24.3 Å². The molecule has 1 aliphatic carbocycles. The van der Waals surface area contributed by atoms with E-state index < -0.39 is 16.0 Å². The molecule has 0 N–H and O–H groups in total. The van der Waals surface area contributed by atoms with Gasteiger partial charge in [-0.2, -0.15) is 8.42 Å². The molecule has 134 valence electrons. The third kappa shape index (κ3) is 2.47. The minimum absolute atomic E-state index is 0.173. The maximum Gasteiger partial charge on any atom is 0.339 e. The summed E-state index contributed by atoms with van der Waals surface area (Å²) in [7, 11) is -2.69. The molecule has 0 saturated heterocycles. The van der Waals surface area contributed by atoms with E-state index in [4.69, 9.17) is 9.15 Å². The van der Waals surface area contributed by atoms with Crippen LogP contribution in [0.15, 0.2) is 58.4 Å². The Bertz CT molecular complexity index is 1080. The summed E-state index contributed by atoms with van der Waals surface area (Å²) in [4.78, 5) is 12.3. The van der Waals surface area contributed by atoms with Crippen LogP contribution >= 0.6 is 0 Å². The van der Waals surface area contributed by atoms with Crippen molar-refractivity contribution < 1.29 is 22.4 Å². The number of hydrogen-bond acceptors (Lipinski definition) is 5. The predicted octanol–water partition coefficient (Wildman–Crippen LogP) is 3.26. The van der Waals surface area contributed by atoms with Gasteiger partial charge in [0.15, 0.2) is 0 Å². The van der Waals surface area contributed by atoms with E-state index in [0.717, 1.165) is 27.9 Å². The molecule has 2 aromatic heterocycles. The molecule has 0 radical (unpaired) electrons. The lowest BCUT2D eigenvalue weighted by Gasteiger charge is -2.12. The molecule has 0 saturated carbocycles. The molecule has 0 unspecified atom stereocenters. The molecule has 26 heavy (non-hydrogen) atoms. The van der Waals surface area contributed by atoms with Crippen molar-refractivity contribution in [3.8, 4) is 11.3 Å². The number of ether oxygens (including phenoxy) is 1. The standard InChI is InChI=1S/C19H17NO5S/c1-24-19(21)16-12-20(26(22,23)17-10-5-11-25-17)18-14-8-3-2-6-13(14)7-4-9-15(16)18/h2-3,5-6,8,10-12H,4,7,9H2,1H3. The maximum absolute atomic E-state index is 13.1. The normalized spacial score (nSPS) is 13.6. The first-order valence-electron chi connectivity index (χ1n) is 8.24. The Morgan fingerprint density at radius 2 is 1.96 bits per heavy atom. The predicted molar refractivity (Wildman–Crippen MR) is 94.5 cm³/mol. The molecule has 2 heterocycles. The summed E-state index contributed by atoms with van der Waals surface area (Å²) < 4.78 is 37.4. The molecule has 3 aromatic rings. The molecule has 0 bridgehead atoms. The van der Waals surface area contributed by atoms with Gasteiger partial charge in [-0.05, 0) is 42.5 Å². The van der Waals surface area contributed by atoms with E-state index in [1.54, 1.807) is 0 Å². The third-order valence-electron chi connectivity index (χ3n) is 4.64. The van der Waals surface area contributed by atoms with Crippen LogP contribution in [0.3, 0.4) is 0 Å². The first-order chi connectivity index (χ1) is 12.5. The molecule has 6 nitrogen and oxygen atoms in total. The molecule has 7 heteroatoms. The largest absolute Gasteiger partial charge is 0.465 e. The number of carbonyl (C=O) groups is 1. The molecule has 0 atom stereocenters. The lowest BCUT2D eigenvalue weighted by molar-refractivity contribution is 0.0599. The van der Waals surface area contributed by atoms with Crippen LogP contribution in [0.2, 0.25) is 0 Å². The zero-order valence-electron chi connectivity index (χ0n) is 14.1. The van der Waals surface area contributed by atoms with E-state index in [1.807, 2.05) is 24.3 Å². The Hall–Kier alpha value is -2.80. The number of benzene rings is 1. The van der Waals surface area contributed by atoms with Crippen molar-refractivity contribution in [1.29, 1.82) is 0 Å². The van der Waals surface area contributed by atoms with Gasteiger partial charge in [-0.3, -0.25) is 0 Å². The van der Waals surface area contributed by atoms with Crippen LogP contribution in [0.25, 0.3) is 11.3 Å². The summed E-state index contributed by atoms with van der Waals surface area (Å²) in [6.07, 6.45) is 4.88. The number of aromatic nitrogens is 1. The average Bonchev–Trinajstić information content (AvgIpc) is 3.27. The van der Waals surface area contributed by atoms with Crippen LogP contribution in [0.4, 0.5) is 0 Å². The van der Waals surface area contributed by atoms with Gasteiger partial charge in [0, 0.05) is 11.8 Å². The van der Waals surface area contributed by atoms with Gasteiger partial charge in [0.2, 0.25) is 5.09 Å². The second-order valence-corrected chi connectivity index (χ2v) is 7.85. The summed E-state index contributed by atoms with van der Waals surface area (Å²) in [6.45, 7) is 0. The number of fused-ring (bicyclic) bond motifs is 3. The highest BCUT2D eigenvalue weighted by Gasteiger charge is 2.32. The fourth-order valence-electron chi connectivity index (χ4n) is 3.46. The van der Waals surface area contributed by atoms with Crippen molar-refractivity contribution in [2.24, 2.45) is 0 Å². The number of aryl methyl sites for hydroxylation is 1. The van der Waals surface area contributed by atoms with Gasteiger partial charge in [0.1, 0.15) is 0 Å². The summed E-state index contributed by atoms with van der Waals surface area (Å²) in [5, 5.41) is -0.173. The highest BCUT2D eigenvalue weighted by Crippen LogP contribution is 2.37. The highest BCUT2D eigenvalue weighted by molar-refractivity contribution is 7.89. The molecule has 0 fully saturated rings. The molecule has 1 aromatic carbocycles. The number of nitrogens with zero attached hydrogens (tertiary/aromatic N) is 1. The van der Waals surface area contributed by atoms with Gasteiger partial charge >= 0.3 is 16.0 Å². The smallest absolute Gasteiger partial charge is 0.339 e. The highest BCUT2D eigenvalue weighted by atomic mass is 32.2. The van der Waals surface area contributed by atoms with E-state index in [0.29, 0.717) is 17.7 Å². The zero-order chi connectivity index (χ0) is 18.3. The number of methoxy groups -OCH3 is 1. The second kappa shape index (κ2) is 6.17. The Balaban J connectivity index is 2.06. The lowest BCUT2D eigenvalue weighted by atomic mass is 10.0. The summed E-state index contributed by atoms with van der Waals surface area (Å²) in [5.41, 5.74) is 3.34. The van der Waals surface area contributed by atoms with E-state index in [2.05, 4.69) is 0 Å². The summed E-state index contributed by atoms with van der Waals surface area (Å²) in [5.74, 6) is -0.547. The summed E-state index contributed by atoms with van der Waals surface area (Å²) >= 11 is 0. The Morgan fingerprint density at radius 3 is 2.69 bits per heavy atom. The average molecular weight is 371 g/mol. The van der Waals surface area contributed by atoms with E-state index in [-0.39, 0.29) is 10.7 Å². The van der Waals surface area contributed by atoms with Crippen LogP contribution < -0.4 is 0 Å². The number of carbonyl (C=O) groups excluding carboxylic acids is 1. The number of esters is 1. The molecular weight excluding hydrogens is 354 g/mol. The van der Waals surface area contributed by atoms with Crippen LogP contribution in [-0.2, 0) is 27.6 Å². The van der Waals surface area contributed by atoms with Crippen molar-refractivity contribution >= 4 is 16.0 Å².